The number of amides is 1. The molecule has 0 bridgehead atoms. The Morgan fingerprint density at radius 3 is 3.05 bits per heavy atom. The fourth-order valence-electron chi connectivity index (χ4n) is 1.57. The molecule has 0 saturated heterocycles. The van der Waals surface area contributed by atoms with Crippen molar-refractivity contribution in [2.45, 2.75) is 13.3 Å². The summed E-state index contributed by atoms with van der Waals surface area (Å²) in [6, 6.07) is 7.12. The topological polar surface area (TPSA) is 106 Å². The van der Waals surface area contributed by atoms with E-state index in [0.29, 0.717) is 36.8 Å². The lowest BCUT2D eigenvalue weighted by Crippen LogP contribution is -2.29. The van der Waals surface area contributed by atoms with Crippen LogP contribution in [0.5, 0.6) is 5.75 Å². The van der Waals surface area contributed by atoms with E-state index in [1.54, 1.807) is 18.2 Å². The highest BCUT2D eigenvalue weighted by molar-refractivity contribution is 5.90. The SMILES string of the molecule is CCc1nc(C(=O)NCCOc2cccc(N)c2)n[nH]1. The van der Waals surface area contributed by atoms with Crippen molar-refractivity contribution in [3.63, 3.8) is 0 Å². The van der Waals surface area contributed by atoms with Gasteiger partial charge in [-0.05, 0) is 12.1 Å². The van der Waals surface area contributed by atoms with Gasteiger partial charge in [-0.25, -0.2) is 4.98 Å². The number of aromatic amines is 1. The maximum absolute atomic E-state index is 11.7. The molecule has 7 nitrogen and oxygen atoms in total. The number of aromatic nitrogens is 3. The minimum absolute atomic E-state index is 0.144. The lowest BCUT2D eigenvalue weighted by atomic mass is 10.3. The van der Waals surface area contributed by atoms with Crippen LogP contribution in [0.2, 0.25) is 0 Å². The second-order valence-corrected chi connectivity index (χ2v) is 4.14. The van der Waals surface area contributed by atoms with Crippen molar-refractivity contribution < 1.29 is 9.53 Å². The van der Waals surface area contributed by atoms with E-state index in [1.165, 1.54) is 0 Å². The number of anilines is 1. The normalized spacial score (nSPS) is 10.2. The lowest BCUT2D eigenvalue weighted by Gasteiger charge is -2.07. The van der Waals surface area contributed by atoms with E-state index >= 15 is 0 Å². The summed E-state index contributed by atoms with van der Waals surface area (Å²) in [5.41, 5.74) is 6.27. The summed E-state index contributed by atoms with van der Waals surface area (Å²) < 4.78 is 5.46. The quantitative estimate of drug-likeness (QED) is 0.533. The molecular formula is C13H17N5O2. The van der Waals surface area contributed by atoms with Gasteiger partial charge in [-0.2, -0.15) is 0 Å². The number of hydrogen-bond donors (Lipinski definition) is 3. The second-order valence-electron chi connectivity index (χ2n) is 4.14. The zero-order chi connectivity index (χ0) is 14.4. The zero-order valence-electron chi connectivity index (χ0n) is 11.2. The highest BCUT2D eigenvalue weighted by atomic mass is 16.5. The molecule has 106 valence electrons. The summed E-state index contributed by atoms with van der Waals surface area (Å²) in [5.74, 6) is 1.18. The number of nitrogens with two attached hydrogens (primary N) is 1. The molecule has 2 rings (SSSR count). The van der Waals surface area contributed by atoms with Gasteiger partial charge in [-0.1, -0.05) is 13.0 Å². The number of nitrogens with one attached hydrogen (secondary N) is 2. The molecule has 4 N–H and O–H groups in total. The van der Waals surface area contributed by atoms with E-state index in [9.17, 15) is 4.79 Å². The average Bonchev–Trinajstić information content (AvgIpc) is 2.92. The number of H-pyrrole nitrogens is 1. The first-order valence-electron chi connectivity index (χ1n) is 6.37. The van der Waals surface area contributed by atoms with Crippen molar-refractivity contribution in [2.24, 2.45) is 0 Å². The number of carbonyl (C=O) groups is 1. The molecular weight excluding hydrogens is 258 g/mol. The molecule has 0 radical (unpaired) electrons. The first-order valence-corrected chi connectivity index (χ1v) is 6.37. The zero-order valence-corrected chi connectivity index (χ0v) is 11.2. The van der Waals surface area contributed by atoms with Crippen LogP contribution in [0.1, 0.15) is 23.4 Å². The number of nitrogens with zero attached hydrogens (tertiary/aromatic N) is 2. The molecule has 1 aromatic carbocycles. The van der Waals surface area contributed by atoms with Gasteiger partial charge in [-0.3, -0.25) is 9.89 Å². The molecule has 0 atom stereocenters. The van der Waals surface area contributed by atoms with E-state index in [1.807, 2.05) is 13.0 Å². The smallest absolute Gasteiger partial charge is 0.291 e. The Bertz CT molecular complexity index is 582. The van der Waals surface area contributed by atoms with Gasteiger partial charge < -0.3 is 15.8 Å². The monoisotopic (exact) mass is 275 g/mol. The van der Waals surface area contributed by atoms with Crippen molar-refractivity contribution >= 4 is 11.6 Å². The Kier molecular flexibility index (Phi) is 4.54. The fraction of sp³-hybridized carbons (Fsp3) is 0.308. The predicted molar refractivity (Wildman–Crippen MR) is 74.4 cm³/mol. The molecule has 20 heavy (non-hydrogen) atoms. The van der Waals surface area contributed by atoms with E-state index in [4.69, 9.17) is 10.5 Å². The maximum Gasteiger partial charge on any atom is 0.291 e. The number of aryl methyl sites for hydroxylation is 1. The number of ether oxygens (including phenoxy) is 1. The van der Waals surface area contributed by atoms with Crippen LogP contribution in [0.3, 0.4) is 0 Å². The molecule has 0 aliphatic rings. The van der Waals surface area contributed by atoms with Crippen LogP contribution in [0.15, 0.2) is 24.3 Å². The molecule has 1 heterocycles. The third-order valence-electron chi connectivity index (χ3n) is 2.58. The Labute approximate surface area is 116 Å². The van der Waals surface area contributed by atoms with Crippen molar-refractivity contribution in [1.29, 1.82) is 0 Å². The standard InChI is InChI=1S/C13H17N5O2/c1-2-11-16-12(18-17-11)13(19)15-6-7-20-10-5-3-4-9(14)8-10/h3-5,8H,2,6-7,14H2,1H3,(H,15,19)(H,16,17,18). The van der Waals surface area contributed by atoms with Gasteiger partial charge in [0.1, 0.15) is 18.2 Å². The summed E-state index contributed by atoms with van der Waals surface area (Å²) in [7, 11) is 0. The van der Waals surface area contributed by atoms with E-state index in [0.717, 1.165) is 0 Å². The van der Waals surface area contributed by atoms with Crippen LogP contribution < -0.4 is 15.8 Å². The Morgan fingerprint density at radius 1 is 1.50 bits per heavy atom. The van der Waals surface area contributed by atoms with Gasteiger partial charge in [0.2, 0.25) is 5.82 Å². The van der Waals surface area contributed by atoms with Gasteiger partial charge in [0, 0.05) is 18.2 Å². The number of benzene rings is 1. The largest absolute Gasteiger partial charge is 0.492 e. The van der Waals surface area contributed by atoms with Gasteiger partial charge in [-0.15, -0.1) is 5.10 Å². The molecule has 2 aromatic rings. The van der Waals surface area contributed by atoms with E-state index < -0.39 is 0 Å². The van der Waals surface area contributed by atoms with Crippen molar-refractivity contribution in [3.8, 4) is 5.75 Å². The third kappa shape index (κ3) is 3.71. The molecule has 1 aromatic heterocycles. The first kappa shape index (κ1) is 13.9. The fourth-order valence-corrected chi connectivity index (χ4v) is 1.57. The van der Waals surface area contributed by atoms with Crippen LogP contribution >= 0.6 is 0 Å². The molecule has 0 aliphatic heterocycles. The molecule has 0 unspecified atom stereocenters. The van der Waals surface area contributed by atoms with Crippen LogP contribution in [-0.2, 0) is 6.42 Å². The summed E-state index contributed by atoms with van der Waals surface area (Å²) in [6.07, 6.45) is 0.707. The summed E-state index contributed by atoms with van der Waals surface area (Å²) >= 11 is 0. The number of carbonyl (C=O) groups excluding carboxylic acids is 1. The van der Waals surface area contributed by atoms with Crippen LogP contribution in [0.4, 0.5) is 5.69 Å². The Hall–Kier alpha value is -2.57. The summed E-state index contributed by atoms with van der Waals surface area (Å²) in [5, 5.41) is 9.20. The first-order chi connectivity index (χ1) is 9.69. The van der Waals surface area contributed by atoms with Gasteiger partial charge in [0.05, 0.1) is 6.54 Å². The van der Waals surface area contributed by atoms with Crippen LogP contribution in [0, 0.1) is 0 Å². The minimum atomic E-state index is -0.322. The average molecular weight is 275 g/mol. The van der Waals surface area contributed by atoms with E-state index in [-0.39, 0.29) is 11.7 Å². The highest BCUT2D eigenvalue weighted by Crippen LogP contribution is 2.13. The molecule has 0 aliphatic carbocycles. The number of nitrogen functional groups attached to an aromatic ring is 1. The maximum atomic E-state index is 11.7. The molecule has 0 saturated carbocycles. The van der Waals surface area contributed by atoms with Gasteiger partial charge >= 0.3 is 0 Å². The second kappa shape index (κ2) is 6.55. The van der Waals surface area contributed by atoms with Crippen molar-refractivity contribution in [2.75, 3.05) is 18.9 Å². The third-order valence-corrected chi connectivity index (χ3v) is 2.58. The summed E-state index contributed by atoms with van der Waals surface area (Å²) in [6.45, 7) is 2.64. The number of rotatable bonds is 6. The van der Waals surface area contributed by atoms with E-state index in [2.05, 4.69) is 20.5 Å². The highest BCUT2D eigenvalue weighted by Gasteiger charge is 2.10. The Morgan fingerprint density at radius 2 is 2.35 bits per heavy atom. The minimum Gasteiger partial charge on any atom is -0.492 e. The lowest BCUT2D eigenvalue weighted by molar-refractivity contribution is 0.0937. The molecule has 0 spiro atoms. The van der Waals surface area contributed by atoms with Gasteiger partial charge in [0.25, 0.3) is 5.91 Å². The predicted octanol–water partition coefficient (Wildman–Crippen LogP) is 0.758. The molecule has 0 fully saturated rings. The summed E-state index contributed by atoms with van der Waals surface area (Å²) in [4.78, 5) is 15.7. The number of hydrogen-bond acceptors (Lipinski definition) is 5. The van der Waals surface area contributed by atoms with Crippen LogP contribution in [-0.4, -0.2) is 34.2 Å². The van der Waals surface area contributed by atoms with Crippen molar-refractivity contribution in [1.82, 2.24) is 20.5 Å². The van der Waals surface area contributed by atoms with Crippen molar-refractivity contribution in [3.05, 3.63) is 35.9 Å². The van der Waals surface area contributed by atoms with Crippen LogP contribution in [0.25, 0.3) is 0 Å². The Balaban J connectivity index is 1.74. The van der Waals surface area contributed by atoms with Gasteiger partial charge in [0.15, 0.2) is 0 Å². The molecule has 1 amide bonds. The molecule has 7 heteroatoms.